The Balaban J connectivity index is 1.71. The van der Waals surface area contributed by atoms with E-state index in [-0.39, 0.29) is 23.6 Å². The van der Waals surface area contributed by atoms with Crippen LogP contribution in [0.4, 0.5) is 0 Å². The molecule has 0 saturated carbocycles. The SMILES string of the molecule is BOC(=O)C1C(=C)C(=C)S[C@@H]2[C@H](NC(=O)Cc3cccs3)C(=O)N12. The normalized spacial score (nSPS) is 25.8. The van der Waals surface area contributed by atoms with Gasteiger partial charge in [-0.25, -0.2) is 0 Å². The Bertz CT molecular complexity index is 734. The molecule has 1 N–H and O–H groups in total. The summed E-state index contributed by atoms with van der Waals surface area (Å²) < 4.78 is 4.77. The lowest BCUT2D eigenvalue weighted by molar-refractivity contribution is -0.158. The molecule has 2 aliphatic heterocycles. The lowest BCUT2D eigenvalue weighted by atomic mass is 9.97. The van der Waals surface area contributed by atoms with Gasteiger partial charge in [0.15, 0.2) is 6.04 Å². The van der Waals surface area contributed by atoms with E-state index in [1.54, 1.807) is 0 Å². The molecule has 2 saturated heterocycles. The Morgan fingerprint density at radius 2 is 2.17 bits per heavy atom. The first-order chi connectivity index (χ1) is 11.4. The average molecular weight is 362 g/mol. The molecular weight excluding hydrogens is 347 g/mol. The number of thioether (sulfide) groups is 1. The summed E-state index contributed by atoms with van der Waals surface area (Å²) in [6.07, 6.45) is 0.229. The van der Waals surface area contributed by atoms with Crippen molar-refractivity contribution < 1.29 is 19.0 Å². The number of carbonyl (C=O) groups is 3. The fourth-order valence-electron chi connectivity index (χ4n) is 2.72. The summed E-state index contributed by atoms with van der Waals surface area (Å²) in [6.45, 7) is 7.72. The molecule has 1 unspecified atom stereocenters. The number of nitrogens with one attached hydrogen (secondary N) is 1. The lowest BCUT2D eigenvalue weighted by Crippen LogP contribution is -2.74. The van der Waals surface area contributed by atoms with Crippen molar-refractivity contribution in [3.8, 4) is 0 Å². The van der Waals surface area contributed by atoms with Gasteiger partial charge in [0.1, 0.15) is 11.4 Å². The van der Waals surface area contributed by atoms with Crippen LogP contribution in [0.5, 0.6) is 0 Å². The summed E-state index contributed by atoms with van der Waals surface area (Å²) in [5, 5.41) is 4.28. The zero-order valence-electron chi connectivity index (χ0n) is 13.0. The quantitative estimate of drug-likeness (QED) is 0.613. The third-order valence-corrected chi connectivity index (χ3v) is 6.13. The van der Waals surface area contributed by atoms with Crippen molar-refractivity contribution in [1.29, 1.82) is 0 Å². The van der Waals surface area contributed by atoms with Gasteiger partial charge in [-0.15, -0.1) is 11.3 Å². The zero-order valence-corrected chi connectivity index (χ0v) is 14.6. The second-order valence-corrected chi connectivity index (χ2v) is 7.67. The number of hydrogen-bond acceptors (Lipinski definition) is 6. The van der Waals surface area contributed by atoms with Crippen molar-refractivity contribution in [2.75, 3.05) is 0 Å². The Morgan fingerprint density at radius 1 is 1.42 bits per heavy atom. The van der Waals surface area contributed by atoms with Crippen LogP contribution in [0.25, 0.3) is 0 Å². The predicted molar refractivity (Wildman–Crippen MR) is 94.9 cm³/mol. The van der Waals surface area contributed by atoms with Crippen LogP contribution in [0.15, 0.2) is 41.1 Å². The average Bonchev–Trinajstić information content (AvgIpc) is 3.07. The molecule has 1 aromatic rings. The molecule has 0 bridgehead atoms. The van der Waals surface area contributed by atoms with Gasteiger partial charge >= 0.3 is 14.0 Å². The van der Waals surface area contributed by atoms with Gasteiger partial charge in [-0.05, 0) is 17.0 Å². The molecule has 0 aliphatic carbocycles. The van der Waals surface area contributed by atoms with Crippen LogP contribution >= 0.6 is 23.1 Å². The van der Waals surface area contributed by atoms with E-state index in [9.17, 15) is 14.4 Å². The maximum Gasteiger partial charge on any atom is 0.326 e. The molecular formula is C15H15BN2O4S2. The Kier molecular flexibility index (Phi) is 4.55. The summed E-state index contributed by atoms with van der Waals surface area (Å²) in [5.41, 5.74) is 0.458. The van der Waals surface area contributed by atoms with Gasteiger partial charge in [-0.2, -0.15) is 0 Å². The molecule has 9 heteroatoms. The fourth-order valence-corrected chi connectivity index (χ4v) is 4.64. The summed E-state index contributed by atoms with van der Waals surface area (Å²) in [6, 6.07) is 2.20. The molecule has 3 heterocycles. The van der Waals surface area contributed by atoms with E-state index in [0.717, 1.165) is 4.88 Å². The van der Waals surface area contributed by atoms with Gasteiger partial charge in [0.05, 0.1) is 6.42 Å². The monoisotopic (exact) mass is 362 g/mol. The van der Waals surface area contributed by atoms with E-state index in [1.807, 2.05) is 17.5 Å². The molecule has 3 rings (SSSR count). The highest BCUT2D eigenvalue weighted by atomic mass is 32.2. The molecule has 2 aliphatic rings. The molecule has 124 valence electrons. The maximum absolute atomic E-state index is 12.4. The van der Waals surface area contributed by atoms with Crippen molar-refractivity contribution in [3.63, 3.8) is 0 Å². The first kappa shape index (κ1) is 16.8. The third kappa shape index (κ3) is 2.78. The number of nitrogens with zero attached hydrogens (tertiary/aromatic N) is 1. The predicted octanol–water partition coefficient (Wildman–Crippen LogP) is 0.220. The first-order valence-electron chi connectivity index (χ1n) is 7.20. The Labute approximate surface area is 148 Å². The van der Waals surface area contributed by atoms with Gasteiger partial charge in [-0.3, -0.25) is 14.4 Å². The van der Waals surface area contributed by atoms with E-state index < -0.39 is 18.1 Å². The van der Waals surface area contributed by atoms with Crippen LogP contribution in [0.1, 0.15) is 4.88 Å². The molecule has 0 spiro atoms. The molecule has 24 heavy (non-hydrogen) atoms. The highest BCUT2D eigenvalue weighted by molar-refractivity contribution is 8.04. The molecule has 0 radical (unpaired) electrons. The largest absolute Gasteiger partial charge is 0.542 e. The first-order valence-corrected chi connectivity index (χ1v) is 8.96. The minimum atomic E-state index is -0.869. The summed E-state index contributed by atoms with van der Waals surface area (Å²) in [5.74, 6) is -1.08. The van der Waals surface area contributed by atoms with Crippen molar-refractivity contribution in [1.82, 2.24) is 10.2 Å². The number of rotatable bonds is 4. The number of fused-ring (bicyclic) bond motifs is 1. The van der Waals surface area contributed by atoms with Gasteiger partial charge in [0.25, 0.3) is 0 Å². The number of hydrogen-bond donors (Lipinski definition) is 1. The topological polar surface area (TPSA) is 75.7 Å². The van der Waals surface area contributed by atoms with Gasteiger partial charge in [-0.1, -0.05) is 31.0 Å². The molecule has 1 aromatic heterocycles. The van der Waals surface area contributed by atoms with Crippen LogP contribution in [-0.4, -0.2) is 48.2 Å². The Hall–Kier alpha value is -2.00. The van der Waals surface area contributed by atoms with Gasteiger partial charge in [0.2, 0.25) is 11.8 Å². The van der Waals surface area contributed by atoms with Crippen molar-refractivity contribution in [2.24, 2.45) is 0 Å². The number of amides is 2. The summed E-state index contributed by atoms with van der Waals surface area (Å²) >= 11 is 2.82. The van der Waals surface area contributed by atoms with Crippen molar-refractivity contribution in [2.45, 2.75) is 23.9 Å². The highest BCUT2D eigenvalue weighted by Gasteiger charge is 2.57. The van der Waals surface area contributed by atoms with Crippen LogP contribution in [-0.2, 0) is 25.5 Å². The third-order valence-electron chi connectivity index (χ3n) is 3.97. The fraction of sp³-hybridized carbons (Fsp3) is 0.267. The van der Waals surface area contributed by atoms with E-state index in [4.69, 9.17) is 4.65 Å². The van der Waals surface area contributed by atoms with E-state index in [1.165, 1.54) is 36.0 Å². The standard InChI is InChI=1S/C15H15BN2O4S2/c1-7-8(2)24-14-11(13(20)18(14)12(7)15(21)22-16)17-10(19)6-9-4-3-5-23-9/h3-5,11-12,14H,1-2,6,16H2,(H,17,19)/t11-,12?,14-/m1/s1. The number of β-lactam (4-membered cyclic amide) rings is 1. The van der Waals surface area contributed by atoms with Crippen LogP contribution in [0, 0.1) is 0 Å². The number of carbonyl (C=O) groups excluding carboxylic acids is 3. The molecule has 0 aromatic carbocycles. The van der Waals surface area contributed by atoms with E-state index in [0.29, 0.717) is 10.5 Å². The maximum atomic E-state index is 12.4. The van der Waals surface area contributed by atoms with E-state index >= 15 is 0 Å². The lowest BCUT2D eigenvalue weighted by Gasteiger charge is -2.53. The van der Waals surface area contributed by atoms with Gasteiger partial charge < -0.3 is 14.9 Å². The zero-order chi connectivity index (χ0) is 17.4. The van der Waals surface area contributed by atoms with E-state index in [2.05, 4.69) is 18.5 Å². The van der Waals surface area contributed by atoms with Crippen LogP contribution in [0.2, 0.25) is 0 Å². The van der Waals surface area contributed by atoms with Crippen LogP contribution < -0.4 is 5.32 Å². The second kappa shape index (κ2) is 6.48. The minimum Gasteiger partial charge on any atom is -0.542 e. The molecule has 2 amide bonds. The summed E-state index contributed by atoms with van der Waals surface area (Å²) in [7, 11) is 1.26. The van der Waals surface area contributed by atoms with Crippen molar-refractivity contribution in [3.05, 3.63) is 46.0 Å². The second-order valence-electron chi connectivity index (χ2n) is 5.43. The molecule has 3 atom stereocenters. The Morgan fingerprint density at radius 3 is 2.79 bits per heavy atom. The smallest absolute Gasteiger partial charge is 0.326 e. The highest BCUT2D eigenvalue weighted by Crippen LogP contribution is 2.45. The minimum absolute atomic E-state index is 0.222. The molecule has 6 nitrogen and oxygen atoms in total. The van der Waals surface area contributed by atoms with Crippen LogP contribution in [0.3, 0.4) is 0 Å². The summed E-state index contributed by atoms with van der Waals surface area (Å²) in [4.78, 5) is 39.5. The number of thiophene rings is 1. The van der Waals surface area contributed by atoms with Gasteiger partial charge in [0, 0.05) is 9.78 Å². The molecule has 2 fully saturated rings. The van der Waals surface area contributed by atoms with Crippen molar-refractivity contribution >= 4 is 48.9 Å².